The van der Waals surface area contributed by atoms with E-state index in [1.807, 2.05) is 30.3 Å². The number of fused-ring (bicyclic) bond motifs is 1. The van der Waals surface area contributed by atoms with Crippen LogP contribution >= 0.6 is 0 Å². The first kappa shape index (κ1) is 14.8. The average Bonchev–Trinajstić information content (AvgIpc) is 2.59. The Morgan fingerprint density at radius 3 is 2.61 bits per heavy atom. The molecule has 0 aliphatic heterocycles. The van der Waals surface area contributed by atoms with E-state index < -0.39 is 0 Å². The van der Waals surface area contributed by atoms with E-state index >= 15 is 0 Å². The third-order valence-electron chi connectivity index (χ3n) is 3.48. The normalized spacial score (nSPS) is 11.0. The first-order valence-corrected chi connectivity index (χ1v) is 7.12. The van der Waals surface area contributed by atoms with Crippen molar-refractivity contribution >= 4 is 22.8 Å². The molecule has 23 heavy (non-hydrogen) atoms. The Kier molecular flexibility index (Phi) is 4.06. The maximum atomic E-state index is 12.1. The first-order valence-electron chi connectivity index (χ1n) is 7.12. The summed E-state index contributed by atoms with van der Waals surface area (Å²) >= 11 is 0. The van der Waals surface area contributed by atoms with Crippen LogP contribution in [0.1, 0.15) is 16.1 Å². The number of hydrogen-bond acceptors (Lipinski definition) is 4. The van der Waals surface area contributed by atoms with E-state index in [0.29, 0.717) is 11.3 Å². The fourth-order valence-corrected chi connectivity index (χ4v) is 2.22. The number of methoxy groups -OCH3 is 1. The van der Waals surface area contributed by atoms with Gasteiger partial charge in [-0.15, -0.1) is 0 Å². The van der Waals surface area contributed by atoms with E-state index in [9.17, 15) is 9.90 Å². The van der Waals surface area contributed by atoms with Gasteiger partial charge in [0.2, 0.25) is 0 Å². The molecule has 0 unspecified atom stereocenters. The van der Waals surface area contributed by atoms with Gasteiger partial charge < -0.3 is 9.84 Å². The highest BCUT2D eigenvalue weighted by molar-refractivity contribution is 6.06. The van der Waals surface area contributed by atoms with E-state index in [4.69, 9.17) is 4.74 Å². The Labute approximate surface area is 133 Å². The maximum Gasteiger partial charge on any atom is 0.185 e. The van der Waals surface area contributed by atoms with Gasteiger partial charge in [-0.25, -0.2) is 4.98 Å². The Morgan fingerprint density at radius 1 is 1.09 bits per heavy atom. The van der Waals surface area contributed by atoms with Crippen LogP contribution in [0, 0.1) is 0 Å². The minimum atomic E-state index is -0.137. The average molecular weight is 305 g/mol. The number of hydrogen-bond donors (Lipinski definition) is 1. The van der Waals surface area contributed by atoms with Gasteiger partial charge in [-0.2, -0.15) is 0 Å². The van der Waals surface area contributed by atoms with Gasteiger partial charge in [0.05, 0.1) is 18.3 Å². The number of pyridine rings is 1. The summed E-state index contributed by atoms with van der Waals surface area (Å²) in [5, 5.41) is 10.2. The number of ketones is 1. The second-order valence-electron chi connectivity index (χ2n) is 5.04. The Hall–Kier alpha value is -3.14. The number of nitrogens with zero attached hydrogens (tertiary/aromatic N) is 1. The fourth-order valence-electron chi connectivity index (χ4n) is 2.22. The molecule has 0 bridgehead atoms. The lowest BCUT2D eigenvalue weighted by Gasteiger charge is -2.02. The fraction of sp³-hybridized carbons (Fsp3) is 0.0526. The minimum Gasteiger partial charge on any atom is -0.508 e. The van der Waals surface area contributed by atoms with Crippen LogP contribution in [0.15, 0.2) is 60.7 Å². The minimum absolute atomic E-state index is 0.136. The van der Waals surface area contributed by atoms with Crippen molar-refractivity contribution in [1.82, 2.24) is 4.98 Å². The lowest BCUT2D eigenvalue weighted by molar-refractivity contribution is 0.104. The van der Waals surface area contributed by atoms with Crippen LogP contribution in [0.2, 0.25) is 0 Å². The summed E-state index contributed by atoms with van der Waals surface area (Å²) in [4.78, 5) is 16.6. The second-order valence-corrected chi connectivity index (χ2v) is 5.04. The summed E-state index contributed by atoms with van der Waals surface area (Å²) < 4.78 is 5.18. The predicted octanol–water partition coefficient (Wildman–Crippen LogP) is 3.85. The lowest BCUT2D eigenvalue weighted by Crippen LogP contribution is -1.93. The highest BCUT2D eigenvalue weighted by Gasteiger charge is 2.02. The van der Waals surface area contributed by atoms with Crippen molar-refractivity contribution in [2.45, 2.75) is 0 Å². The van der Waals surface area contributed by atoms with Crippen LogP contribution in [-0.4, -0.2) is 23.0 Å². The smallest absolute Gasteiger partial charge is 0.185 e. The molecule has 0 saturated carbocycles. The second kappa shape index (κ2) is 6.32. The summed E-state index contributed by atoms with van der Waals surface area (Å²) in [6.07, 6.45) is 3.16. The van der Waals surface area contributed by atoms with Crippen molar-refractivity contribution in [1.29, 1.82) is 0 Å². The molecule has 0 amide bonds. The van der Waals surface area contributed by atoms with Crippen molar-refractivity contribution in [2.24, 2.45) is 0 Å². The molecule has 4 heteroatoms. The third kappa shape index (κ3) is 3.37. The summed E-state index contributed by atoms with van der Waals surface area (Å²) in [7, 11) is 1.63. The number of ether oxygens (including phenoxy) is 1. The van der Waals surface area contributed by atoms with Crippen molar-refractivity contribution in [2.75, 3.05) is 7.11 Å². The van der Waals surface area contributed by atoms with Crippen LogP contribution in [0.3, 0.4) is 0 Å². The van der Waals surface area contributed by atoms with Gasteiger partial charge in [-0.05, 0) is 60.7 Å². The van der Waals surface area contributed by atoms with Crippen LogP contribution < -0.4 is 4.74 Å². The topological polar surface area (TPSA) is 59.4 Å². The van der Waals surface area contributed by atoms with E-state index in [-0.39, 0.29) is 11.5 Å². The SMILES string of the molecule is COc1ccc2nc(/C=C/C(=O)c3ccc(O)cc3)ccc2c1. The Balaban J connectivity index is 1.83. The number of aromatic hydroxyl groups is 1. The molecule has 0 spiro atoms. The number of rotatable bonds is 4. The van der Waals surface area contributed by atoms with Gasteiger partial charge in [0, 0.05) is 10.9 Å². The molecule has 0 fully saturated rings. The molecule has 1 aromatic heterocycles. The zero-order chi connectivity index (χ0) is 16.2. The van der Waals surface area contributed by atoms with Gasteiger partial charge in [0.15, 0.2) is 5.78 Å². The molecule has 2 aromatic carbocycles. The first-order chi connectivity index (χ1) is 11.2. The zero-order valence-corrected chi connectivity index (χ0v) is 12.6. The molecule has 114 valence electrons. The zero-order valence-electron chi connectivity index (χ0n) is 12.6. The van der Waals surface area contributed by atoms with Crippen LogP contribution in [0.25, 0.3) is 17.0 Å². The molecule has 3 rings (SSSR count). The number of carbonyl (C=O) groups excluding carboxylic acids is 1. The van der Waals surface area contributed by atoms with Crippen LogP contribution in [-0.2, 0) is 0 Å². The van der Waals surface area contributed by atoms with Gasteiger partial charge in [0.1, 0.15) is 11.5 Å². The van der Waals surface area contributed by atoms with Crippen molar-refractivity contribution < 1.29 is 14.6 Å². The van der Waals surface area contributed by atoms with Gasteiger partial charge in [-0.1, -0.05) is 6.07 Å². The predicted molar refractivity (Wildman–Crippen MR) is 89.8 cm³/mol. The standard InChI is InChI=1S/C19H15NO3/c1-23-17-9-10-18-14(12-17)2-5-15(20-18)6-11-19(22)13-3-7-16(21)8-4-13/h2-12,21H,1H3/b11-6+. The molecule has 1 heterocycles. The van der Waals surface area contributed by atoms with Crippen LogP contribution in [0.4, 0.5) is 0 Å². The lowest BCUT2D eigenvalue weighted by atomic mass is 10.1. The van der Waals surface area contributed by atoms with E-state index in [1.54, 1.807) is 25.3 Å². The van der Waals surface area contributed by atoms with E-state index in [1.165, 1.54) is 18.2 Å². The molecule has 0 aliphatic carbocycles. The maximum absolute atomic E-state index is 12.1. The summed E-state index contributed by atoms with van der Waals surface area (Å²) in [6.45, 7) is 0. The molecule has 0 radical (unpaired) electrons. The van der Waals surface area contributed by atoms with E-state index in [2.05, 4.69) is 4.98 Å². The molecule has 0 aliphatic rings. The number of phenols is 1. The Morgan fingerprint density at radius 2 is 1.87 bits per heavy atom. The summed E-state index contributed by atoms with van der Waals surface area (Å²) in [5.74, 6) is 0.781. The molecule has 0 atom stereocenters. The largest absolute Gasteiger partial charge is 0.508 e. The molecular formula is C19H15NO3. The molecule has 4 nitrogen and oxygen atoms in total. The van der Waals surface area contributed by atoms with Crippen molar-refractivity contribution in [3.63, 3.8) is 0 Å². The molecular weight excluding hydrogens is 290 g/mol. The number of aromatic nitrogens is 1. The number of allylic oxidation sites excluding steroid dienone is 1. The van der Waals surface area contributed by atoms with Gasteiger partial charge >= 0.3 is 0 Å². The summed E-state index contributed by atoms with van der Waals surface area (Å²) in [6, 6.07) is 15.6. The highest BCUT2D eigenvalue weighted by atomic mass is 16.5. The quantitative estimate of drug-likeness (QED) is 0.587. The number of phenolic OH excluding ortho intramolecular Hbond substituents is 1. The number of benzene rings is 2. The molecule has 3 aromatic rings. The van der Waals surface area contributed by atoms with Gasteiger partial charge in [0.25, 0.3) is 0 Å². The van der Waals surface area contributed by atoms with E-state index in [0.717, 1.165) is 16.7 Å². The monoisotopic (exact) mass is 305 g/mol. The van der Waals surface area contributed by atoms with Gasteiger partial charge in [-0.3, -0.25) is 4.79 Å². The Bertz CT molecular complexity index is 883. The third-order valence-corrected chi connectivity index (χ3v) is 3.48. The van der Waals surface area contributed by atoms with Crippen molar-refractivity contribution in [3.8, 4) is 11.5 Å². The molecule has 0 saturated heterocycles. The van der Waals surface area contributed by atoms with Crippen molar-refractivity contribution in [3.05, 3.63) is 71.9 Å². The van der Waals surface area contributed by atoms with Crippen LogP contribution in [0.5, 0.6) is 11.5 Å². The highest BCUT2D eigenvalue weighted by Crippen LogP contribution is 2.20. The summed E-state index contributed by atoms with van der Waals surface area (Å²) in [5.41, 5.74) is 2.06. The number of carbonyl (C=O) groups is 1. The molecule has 1 N–H and O–H groups in total.